The summed E-state index contributed by atoms with van der Waals surface area (Å²) in [6.07, 6.45) is 1.35. The lowest BCUT2D eigenvalue weighted by Gasteiger charge is -2.32. The Kier molecular flexibility index (Phi) is 9.72. The van der Waals surface area contributed by atoms with Crippen molar-refractivity contribution in [1.82, 2.24) is 25.2 Å². The van der Waals surface area contributed by atoms with E-state index in [1.54, 1.807) is 23.8 Å². The molecule has 0 saturated carbocycles. The highest BCUT2D eigenvalue weighted by Gasteiger charge is 2.31. The second kappa shape index (κ2) is 13.6. The molecular weight excluding hydrogens is 506 g/mol. The molecule has 1 aromatic heterocycles. The van der Waals surface area contributed by atoms with Crippen LogP contribution in [0.25, 0.3) is 11.0 Å². The van der Waals surface area contributed by atoms with Gasteiger partial charge in [0.25, 0.3) is 0 Å². The smallest absolute Gasteiger partial charge is 0.247 e. The fourth-order valence-electron chi connectivity index (χ4n) is 4.63. The molecule has 9 heteroatoms. The Hall–Kier alpha value is -4.40. The molecule has 0 aliphatic rings. The number of hydrogen-bond acceptors (Lipinski definition) is 6. The predicted octanol–water partition coefficient (Wildman–Crippen LogP) is 4.42. The normalized spacial score (nSPS) is 11.8. The van der Waals surface area contributed by atoms with E-state index in [-0.39, 0.29) is 18.4 Å². The molecule has 9 nitrogen and oxygen atoms in total. The fraction of sp³-hybridized carbons (Fsp3) is 0.355. The Labute approximate surface area is 235 Å². The van der Waals surface area contributed by atoms with Crippen molar-refractivity contribution in [3.8, 4) is 11.5 Å². The number of carbonyl (C=O) groups is 2. The zero-order chi connectivity index (χ0) is 28.5. The third kappa shape index (κ3) is 6.97. The van der Waals surface area contributed by atoms with Crippen LogP contribution in [0.3, 0.4) is 0 Å². The summed E-state index contributed by atoms with van der Waals surface area (Å²) in [5.74, 6) is 1.24. The van der Waals surface area contributed by atoms with Crippen LogP contribution < -0.4 is 14.8 Å². The molecule has 1 N–H and O–H groups in total. The van der Waals surface area contributed by atoms with E-state index < -0.39 is 6.04 Å². The van der Waals surface area contributed by atoms with E-state index in [2.05, 4.69) is 29.5 Å². The van der Waals surface area contributed by atoms with E-state index in [1.807, 2.05) is 72.8 Å². The molecule has 0 aliphatic heterocycles. The minimum absolute atomic E-state index is 0.0466. The highest BCUT2D eigenvalue weighted by molar-refractivity contribution is 5.89. The van der Waals surface area contributed by atoms with Gasteiger partial charge in [-0.3, -0.25) is 9.59 Å². The summed E-state index contributed by atoms with van der Waals surface area (Å²) >= 11 is 0. The number of para-hydroxylation sites is 1. The van der Waals surface area contributed by atoms with Crippen molar-refractivity contribution < 1.29 is 19.1 Å². The summed E-state index contributed by atoms with van der Waals surface area (Å²) in [5, 5.41) is 11.5. The number of benzene rings is 3. The molecule has 4 rings (SSSR count). The first kappa shape index (κ1) is 28.6. The van der Waals surface area contributed by atoms with Gasteiger partial charge in [0.1, 0.15) is 18.1 Å². The van der Waals surface area contributed by atoms with E-state index in [0.29, 0.717) is 42.4 Å². The van der Waals surface area contributed by atoms with Crippen molar-refractivity contribution >= 4 is 22.8 Å². The monoisotopic (exact) mass is 543 g/mol. The second-order valence-electron chi connectivity index (χ2n) is 10.0. The van der Waals surface area contributed by atoms with Gasteiger partial charge in [-0.2, -0.15) is 0 Å². The number of amides is 2. The molecule has 0 radical (unpaired) electrons. The first-order chi connectivity index (χ1) is 19.4. The first-order valence-corrected chi connectivity index (χ1v) is 13.5. The molecule has 0 saturated heterocycles. The molecule has 1 heterocycles. The average Bonchev–Trinajstić information content (AvgIpc) is 3.37. The van der Waals surface area contributed by atoms with Crippen LogP contribution in [0.4, 0.5) is 0 Å². The predicted molar refractivity (Wildman–Crippen MR) is 154 cm³/mol. The number of methoxy groups -OCH3 is 2. The molecule has 0 bridgehead atoms. The molecule has 4 aromatic rings. The molecule has 210 valence electrons. The van der Waals surface area contributed by atoms with Crippen LogP contribution in [0.2, 0.25) is 0 Å². The van der Waals surface area contributed by atoms with Crippen molar-refractivity contribution in [2.45, 2.75) is 39.3 Å². The zero-order valence-electron chi connectivity index (χ0n) is 23.5. The highest BCUT2D eigenvalue weighted by atomic mass is 16.5. The van der Waals surface area contributed by atoms with Gasteiger partial charge in [-0.05, 0) is 54.2 Å². The summed E-state index contributed by atoms with van der Waals surface area (Å²) in [7, 11) is 3.18. The molecule has 3 aromatic carbocycles. The lowest BCUT2D eigenvalue weighted by atomic mass is 10.0. The van der Waals surface area contributed by atoms with E-state index >= 15 is 0 Å². The standard InChI is InChI=1S/C31H37N5O4/c1-22(2)16-18-32-31(38)30(24-10-6-5-7-11-24)35(19-17-23-14-15-27(39-3)28(20-23)40-4)29(37)21-36-26-13-9-8-12-25(26)33-34-36/h5-15,20,22,30H,16-19,21H2,1-4H3,(H,32,38)/t30-/m0/s1. The number of rotatable bonds is 13. The van der Waals surface area contributed by atoms with Crippen LogP contribution in [0.15, 0.2) is 72.8 Å². The van der Waals surface area contributed by atoms with Crippen molar-refractivity contribution in [2.75, 3.05) is 27.3 Å². The van der Waals surface area contributed by atoms with Gasteiger partial charge in [0.2, 0.25) is 11.8 Å². The third-order valence-electron chi connectivity index (χ3n) is 6.81. The molecule has 0 unspecified atom stereocenters. The minimum atomic E-state index is -0.809. The van der Waals surface area contributed by atoms with Crippen LogP contribution in [0.5, 0.6) is 11.5 Å². The van der Waals surface area contributed by atoms with Gasteiger partial charge in [-0.25, -0.2) is 4.68 Å². The number of fused-ring (bicyclic) bond motifs is 1. The number of ether oxygens (including phenoxy) is 2. The number of aromatic nitrogens is 3. The molecule has 0 fully saturated rings. The quantitative estimate of drug-likeness (QED) is 0.268. The lowest BCUT2D eigenvalue weighted by Crippen LogP contribution is -2.46. The summed E-state index contributed by atoms with van der Waals surface area (Å²) < 4.78 is 12.4. The minimum Gasteiger partial charge on any atom is -0.493 e. The SMILES string of the molecule is COc1ccc(CCN(C(=O)Cn2nnc3ccccc32)[C@H](C(=O)NCCC(C)C)c2ccccc2)cc1OC. The maximum absolute atomic E-state index is 14.0. The summed E-state index contributed by atoms with van der Waals surface area (Å²) in [6, 6.07) is 21.8. The average molecular weight is 544 g/mol. The van der Waals surface area contributed by atoms with Gasteiger partial charge in [0, 0.05) is 13.1 Å². The van der Waals surface area contributed by atoms with E-state index in [1.165, 1.54) is 0 Å². The molecule has 0 spiro atoms. The van der Waals surface area contributed by atoms with Gasteiger partial charge in [0.05, 0.1) is 19.7 Å². The molecule has 2 amide bonds. The fourth-order valence-corrected chi connectivity index (χ4v) is 4.63. The maximum Gasteiger partial charge on any atom is 0.247 e. The van der Waals surface area contributed by atoms with E-state index in [0.717, 1.165) is 23.1 Å². The zero-order valence-corrected chi connectivity index (χ0v) is 23.5. The summed E-state index contributed by atoms with van der Waals surface area (Å²) in [5.41, 5.74) is 3.16. The van der Waals surface area contributed by atoms with Crippen LogP contribution in [0, 0.1) is 5.92 Å². The van der Waals surface area contributed by atoms with Crippen LogP contribution in [-0.2, 0) is 22.6 Å². The largest absolute Gasteiger partial charge is 0.493 e. The van der Waals surface area contributed by atoms with Crippen molar-refractivity contribution in [1.29, 1.82) is 0 Å². The number of nitrogens with zero attached hydrogens (tertiary/aromatic N) is 4. The van der Waals surface area contributed by atoms with Gasteiger partial charge in [0.15, 0.2) is 11.5 Å². The first-order valence-electron chi connectivity index (χ1n) is 13.5. The highest BCUT2D eigenvalue weighted by Crippen LogP contribution is 2.29. The van der Waals surface area contributed by atoms with Gasteiger partial charge < -0.3 is 19.7 Å². The van der Waals surface area contributed by atoms with Crippen LogP contribution in [-0.4, -0.2) is 59.0 Å². The van der Waals surface area contributed by atoms with Crippen molar-refractivity contribution in [3.63, 3.8) is 0 Å². The van der Waals surface area contributed by atoms with Gasteiger partial charge >= 0.3 is 0 Å². The van der Waals surface area contributed by atoms with Crippen LogP contribution in [0.1, 0.15) is 37.4 Å². The summed E-state index contributed by atoms with van der Waals surface area (Å²) in [4.78, 5) is 29.4. The van der Waals surface area contributed by atoms with E-state index in [9.17, 15) is 9.59 Å². The molecular formula is C31H37N5O4. The van der Waals surface area contributed by atoms with Gasteiger partial charge in [-0.1, -0.05) is 67.6 Å². The summed E-state index contributed by atoms with van der Waals surface area (Å²) in [6.45, 7) is 5.02. The third-order valence-corrected chi connectivity index (χ3v) is 6.81. The molecule has 0 aliphatic carbocycles. The number of hydrogen-bond donors (Lipinski definition) is 1. The number of carbonyl (C=O) groups excluding carboxylic acids is 2. The Morgan fingerprint density at radius 2 is 1.68 bits per heavy atom. The Bertz CT molecular complexity index is 1420. The van der Waals surface area contributed by atoms with Gasteiger partial charge in [-0.15, -0.1) is 5.10 Å². The Balaban J connectivity index is 1.67. The lowest BCUT2D eigenvalue weighted by molar-refractivity contribution is -0.141. The topological polar surface area (TPSA) is 98.6 Å². The maximum atomic E-state index is 14.0. The van der Waals surface area contributed by atoms with E-state index in [4.69, 9.17) is 9.47 Å². The number of nitrogens with one attached hydrogen (secondary N) is 1. The van der Waals surface area contributed by atoms with Crippen LogP contribution >= 0.6 is 0 Å². The molecule has 40 heavy (non-hydrogen) atoms. The van der Waals surface area contributed by atoms with Crippen molar-refractivity contribution in [3.05, 3.63) is 83.9 Å². The Morgan fingerprint density at radius 1 is 0.950 bits per heavy atom. The Morgan fingerprint density at radius 3 is 2.40 bits per heavy atom. The second-order valence-corrected chi connectivity index (χ2v) is 10.0. The molecule has 1 atom stereocenters. The van der Waals surface area contributed by atoms with Crippen molar-refractivity contribution in [2.24, 2.45) is 5.92 Å².